The number of rotatable bonds is 0. The molecule has 3 unspecified atom stereocenters. The number of hydrogen-bond donors (Lipinski definition) is 0. The van der Waals surface area contributed by atoms with Crippen LogP contribution < -0.4 is 0 Å². The molecule has 0 aromatic rings. The van der Waals surface area contributed by atoms with Gasteiger partial charge in [-0.1, -0.05) is 6.92 Å². The molecule has 2 saturated carbocycles. The summed E-state index contributed by atoms with van der Waals surface area (Å²) >= 11 is 0. The van der Waals surface area contributed by atoms with Crippen LogP contribution in [0.15, 0.2) is 0 Å². The van der Waals surface area contributed by atoms with Gasteiger partial charge in [0.05, 0.1) is 0 Å². The van der Waals surface area contributed by atoms with Crippen molar-refractivity contribution < 1.29 is 9.59 Å². The highest BCUT2D eigenvalue weighted by molar-refractivity contribution is 5.88. The van der Waals surface area contributed by atoms with Gasteiger partial charge in [-0.05, 0) is 18.3 Å². The topological polar surface area (TPSA) is 34.1 Å². The molecule has 0 heterocycles. The minimum absolute atomic E-state index is 0.234. The molecule has 0 bridgehead atoms. The fourth-order valence-electron chi connectivity index (χ4n) is 2.66. The summed E-state index contributed by atoms with van der Waals surface area (Å²) in [6.07, 6.45) is 2.84. The van der Waals surface area contributed by atoms with Gasteiger partial charge >= 0.3 is 0 Å². The molecule has 66 valence electrons. The second kappa shape index (κ2) is 2.68. The Morgan fingerprint density at radius 1 is 1.25 bits per heavy atom. The van der Waals surface area contributed by atoms with E-state index in [1.807, 2.05) is 0 Å². The molecule has 3 atom stereocenters. The quantitative estimate of drug-likeness (QED) is 0.547. The van der Waals surface area contributed by atoms with E-state index in [0.29, 0.717) is 42.7 Å². The van der Waals surface area contributed by atoms with Crippen molar-refractivity contribution in [1.29, 1.82) is 0 Å². The Morgan fingerprint density at radius 3 is 2.75 bits per heavy atom. The minimum Gasteiger partial charge on any atom is -0.300 e. The van der Waals surface area contributed by atoms with Crippen LogP contribution in [-0.4, -0.2) is 11.6 Å². The molecule has 0 aliphatic heterocycles. The van der Waals surface area contributed by atoms with Gasteiger partial charge in [-0.25, -0.2) is 0 Å². The molecule has 12 heavy (non-hydrogen) atoms. The Balaban J connectivity index is 2.17. The lowest BCUT2D eigenvalue weighted by atomic mass is 9.78. The van der Waals surface area contributed by atoms with Crippen LogP contribution in [0.4, 0.5) is 0 Å². The van der Waals surface area contributed by atoms with E-state index < -0.39 is 0 Å². The number of fused-ring (bicyclic) bond motifs is 1. The van der Waals surface area contributed by atoms with Crippen LogP contribution in [0, 0.1) is 17.8 Å². The lowest BCUT2D eigenvalue weighted by Crippen LogP contribution is -2.26. The molecule has 0 amide bonds. The van der Waals surface area contributed by atoms with Gasteiger partial charge in [-0.15, -0.1) is 0 Å². The van der Waals surface area contributed by atoms with Crippen LogP contribution in [-0.2, 0) is 9.59 Å². The lowest BCUT2D eigenvalue weighted by molar-refractivity contribution is -0.126. The van der Waals surface area contributed by atoms with E-state index >= 15 is 0 Å². The van der Waals surface area contributed by atoms with Crippen molar-refractivity contribution in [1.82, 2.24) is 0 Å². The van der Waals surface area contributed by atoms with Crippen LogP contribution in [0.2, 0.25) is 0 Å². The molecule has 2 fully saturated rings. The van der Waals surface area contributed by atoms with Crippen molar-refractivity contribution in [2.75, 3.05) is 0 Å². The molecule has 2 heteroatoms. The summed E-state index contributed by atoms with van der Waals surface area (Å²) in [5.74, 6) is 1.83. The van der Waals surface area contributed by atoms with E-state index in [-0.39, 0.29) is 5.92 Å². The average Bonchev–Trinajstić information content (AvgIpc) is 2.28. The van der Waals surface area contributed by atoms with Gasteiger partial charge in [0.2, 0.25) is 0 Å². The highest BCUT2D eigenvalue weighted by Gasteiger charge is 2.42. The second-order valence-corrected chi connectivity index (χ2v) is 4.20. The monoisotopic (exact) mass is 166 g/mol. The third-order valence-corrected chi connectivity index (χ3v) is 3.38. The zero-order valence-corrected chi connectivity index (χ0v) is 7.38. The van der Waals surface area contributed by atoms with Gasteiger partial charge in [0.1, 0.15) is 11.6 Å². The maximum absolute atomic E-state index is 11.4. The Morgan fingerprint density at radius 2 is 2.00 bits per heavy atom. The Labute approximate surface area is 72.3 Å². The summed E-state index contributed by atoms with van der Waals surface area (Å²) in [6, 6.07) is 0. The number of carbonyl (C=O) groups is 2. The van der Waals surface area contributed by atoms with Crippen molar-refractivity contribution in [2.45, 2.75) is 32.6 Å². The fraction of sp³-hybridized carbons (Fsp3) is 0.800. The van der Waals surface area contributed by atoms with Gasteiger partial charge in [0.25, 0.3) is 0 Å². The molecule has 0 aromatic heterocycles. The molecule has 2 rings (SSSR count). The van der Waals surface area contributed by atoms with Crippen molar-refractivity contribution >= 4 is 11.6 Å². The van der Waals surface area contributed by atoms with E-state index in [2.05, 4.69) is 6.92 Å². The highest BCUT2D eigenvalue weighted by Crippen LogP contribution is 2.42. The van der Waals surface area contributed by atoms with Gasteiger partial charge in [0, 0.05) is 25.2 Å². The van der Waals surface area contributed by atoms with E-state index in [4.69, 9.17) is 0 Å². The normalized spacial score (nSPS) is 41.6. The summed E-state index contributed by atoms with van der Waals surface area (Å²) in [5, 5.41) is 0. The first kappa shape index (κ1) is 7.96. The number of ketones is 2. The highest BCUT2D eigenvalue weighted by atomic mass is 16.1. The Bertz CT molecular complexity index is 232. The standard InChI is InChI=1S/C10H14O2/c1-6-4-10(12)8-3-2-7(11)5-9(6)8/h6,8-9H,2-5H2,1H3. The van der Waals surface area contributed by atoms with E-state index in [1.165, 1.54) is 0 Å². The summed E-state index contributed by atoms with van der Waals surface area (Å²) in [6.45, 7) is 2.10. The van der Waals surface area contributed by atoms with Crippen LogP contribution >= 0.6 is 0 Å². The number of hydrogen-bond acceptors (Lipinski definition) is 2. The minimum atomic E-state index is 0.234. The predicted molar refractivity (Wildman–Crippen MR) is 44.6 cm³/mol. The Kier molecular flexibility index (Phi) is 1.78. The molecule has 0 radical (unpaired) electrons. The summed E-state index contributed by atoms with van der Waals surface area (Å²) in [7, 11) is 0. The second-order valence-electron chi connectivity index (χ2n) is 4.20. The van der Waals surface area contributed by atoms with Gasteiger partial charge < -0.3 is 0 Å². The predicted octanol–water partition coefficient (Wildman–Crippen LogP) is 1.58. The largest absolute Gasteiger partial charge is 0.300 e. The summed E-state index contributed by atoms with van der Waals surface area (Å²) in [4.78, 5) is 22.6. The van der Waals surface area contributed by atoms with Crippen LogP contribution in [0.3, 0.4) is 0 Å². The molecule has 0 aromatic carbocycles. The SMILES string of the molecule is CC1CC(=O)C2CCC(=O)CC12. The molecular formula is C10H14O2. The first-order valence-electron chi connectivity index (χ1n) is 4.73. The summed E-state index contributed by atoms with van der Waals surface area (Å²) < 4.78 is 0. The number of Topliss-reactive ketones (excluding diaryl/α,β-unsaturated/α-hetero) is 2. The van der Waals surface area contributed by atoms with E-state index in [9.17, 15) is 9.59 Å². The van der Waals surface area contributed by atoms with Crippen molar-refractivity contribution in [3.05, 3.63) is 0 Å². The van der Waals surface area contributed by atoms with Crippen LogP contribution in [0.25, 0.3) is 0 Å². The van der Waals surface area contributed by atoms with Gasteiger partial charge in [-0.2, -0.15) is 0 Å². The third kappa shape index (κ3) is 1.10. The Hall–Kier alpha value is -0.660. The van der Waals surface area contributed by atoms with E-state index in [0.717, 1.165) is 6.42 Å². The zero-order chi connectivity index (χ0) is 8.72. The average molecular weight is 166 g/mol. The zero-order valence-electron chi connectivity index (χ0n) is 7.38. The number of carbonyl (C=O) groups excluding carboxylic acids is 2. The first-order chi connectivity index (χ1) is 5.68. The smallest absolute Gasteiger partial charge is 0.136 e. The fourth-order valence-corrected chi connectivity index (χ4v) is 2.66. The van der Waals surface area contributed by atoms with Crippen LogP contribution in [0.1, 0.15) is 32.6 Å². The molecule has 2 nitrogen and oxygen atoms in total. The van der Waals surface area contributed by atoms with Crippen molar-refractivity contribution in [2.24, 2.45) is 17.8 Å². The third-order valence-electron chi connectivity index (χ3n) is 3.38. The molecule has 2 aliphatic carbocycles. The maximum atomic E-state index is 11.4. The molecule has 0 spiro atoms. The molecule has 0 N–H and O–H groups in total. The maximum Gasteiger partial charge on any atom is 0.136 e. The molecule has 0 saturated heterocycles. The first-order valence-corrected chi connectivity index (χ1v) is 4.73. The molecule has 2 aliphatic rings. The lowest BCUT2D eigenvalue weighted by Gasteiger charge is -2.25. The van der Waals surface area contributed by atoms with E-state index in [1.54, 1.807) is 0 Å². The van der Waals surface area contributed by atoms with Crippen LogP contribution in [0.5, 0.6) is 0 Å². The summed E-state index contributed by atoms with van der Waals surface area (Å²) in [5.41, 5.74) is 0. The van der Waals surface area contributed by atoms with Gasteiger partial charge in [0.15, 0.2) is 0 Å². The molecular weight excluding hydrogens is 152 g/mol. The van der Waals surface area contributed by atoms with Gasteiger partial charge in [-0.3, -0.25) is 9.59 Å². The van der Waals surface area contributed by atoms with Crippen molar-refractivity contribution in [3.63, 3.8) is 0 Å². The van der Waals surface area contributed by atoms with Crippen molar-refractivity contribution in [3.8, 4) is 0 Å².